The summed E-state index contributed by atoms with van der Waals surface area (Å²) in [6.45, 7) is 0. The summed E-state index contributed by atoms with van der Waals surface area (Å²) in [6.07, 6.45) is -0.463. The van der Waals surface area contributed by atoms with E-state index in [9.17, 15) is 5.11 Å². The summed E-state index contributed by atoms with van der Waals surface area (Å²) in [6, 6.07) is 15.1. The van der Waals surface area contributed by atoms with Gasteiger partial charge in [-0.05, 0) is 35.4 Å². The quantitative estimate of drug-likeness (QED) is 0.842. The summed E-state index contributed by atoms with van der Waals surface area (Å²) >= 11 is 13.3. The van der Waals surface area contributed by atoms with Crippen LogP contribution in [0.4, 0.5) is 0 Å². The summed E-state index contributed by atoms with van der Waals surface area (Å²) in [5.74, 6) is 1.52. The Morgan fingerprint density at radius 2 is 1.42 bits per heavy atom. The first-order valence-corrected chi connectivity index (χ1v) is 7.82. The second kappa shape index (κ2) is 7.20. The molecule has 19 heavy (non-hydrogen) atoms. The summed E-state index contributed by atoms with van der Waals surface area (Å²) in [5.41, 5.74) is 2.10. The summed E-state index contributed by atoms with van der Waals surface area (Å²) in [7, 11) is 0. The fourth-order valence-corrected chi connectivity index (χ4v) is 2.86. The van der Waals surface area contributed by atoms with Crippen LogP contribution in [0, 0.1) is 0 Å². The van der Waals surface area contributed by atoms with Crippen molar-refractivity contribution in [1.29, 1.82) is 0 Å². The Balaban J connectivity index is 1.82. The minimum atomic E-state index is -0.463. The van der Waals surface area contributed by atoms with Gasteiger partial charge in [-0.1, -0.05) is 47.5 Å². The van der Waals surface area contributed by atoms with E-state index in [2.05, 4.69) is 0 Å². The lowest BCUT2D eigenvalue weighted by Crippen LogP contribution is -2.00. The zero-order chi connectivity index (χ0) is 13.7. The molecule has 0 bridgehead atoms. The van der Waals surface area contributed by atoms with E-state index < -0.39 is 6.10 Å². The van der Waals surface area contributed by atoms with Crippen molar-refractivity contribution in [2.45, 2.75) is 11.9 Å². The molecule has 0 aliphatic heterocycles. The van der Waals surface area contributed by atoms with E-state index in [0.717, 1.165) is 16.3 Å². The molecule has 1 N–H and O–H groups in total. The van der Waals surface area contributed by atoms with Gasteiger partial charge >= 0.3 is 0 Å². The van der Waals surface area contributed by atoms with E-state index in [1.807, 2.05) is 36.4 Å². The van der Waals surface area contributed by atoms with Crippen LogP contribution >= 0.6 is 35.0 Å². The van der Waals surface area contributed by atoms with E-state index in [-0.39, 0.29) is 0 Å². The van der Waals surface area contributed by atoms with Crippen molar-refractivity contribution in [1.82, 2.24) is 0 Å². The maximum absolute atomic E-state index is 10.0. The smallest absolute Gasteiger partial charge is 0.0880 e. The number of aliphatic hydroxyl groups is 1. The van der Waals surface area contributed by atoms with E-state index in [1.165, 1.54) is 5.56 Å². The van der Waals surface area contributed by atoms with Crippen LogP contribution < -0.4 is 0 Å². The molecule has 1 nitrogen and oxygen atoms in total. The lowest BCUT2D eigenvalue weighted by molar-refractivity contribution is 0.204. The highest BCUT2D eigenvalue weighted by Crippen LogP contribution is 2.23. The lowest BCUT2D eigenvalue weighted by Gasteiger charge is -2.10. The van der Waals surface area contributed by atoms with Crippen molar-refractivity contribution in [2.75, 3.05) is 5.75 Å². The second-order valence-corrected chi connectivity index (χ2v) is 6.11. The molecule has 0 saturated heterocycles. The molecular weight excluding hydrogens is 299 g/mol. The Labute approximate surface area is 127 Å². The standard InChI is InChI=1S/C15H14Cl2OS/c16-13-5-1-11(2-6-13)9-19-10-15(18)12-3-7-14(17)8-4-12/h1-8,15,18H,9-10H2. The number of benzene rings is 2. The number of hydrogen-bond donors (Lipinski definition) is 1. The highest BCUT2D eigenvalue weighted by atomic mass is 35.5. The molecule has 0 fully saturated rings. The van der Waals surface area contributed by atoms with Crippen LogP contribution in [-0.4, -0.2) is 10.9 Å². The highest BCUT2D eigenvalue weighted by molar-refractivity contribution is 7.98. The largest absolute Gasteiger partial charge is 0.388 e. The molecule has 2 aromatic rings. The molecule has 2 aromatic carbocycles. The molecule has 2 rings (SSSR count). The molecule has 4 heteroatoms. The van der Waals surface area contributed by atoms with Crippen molar-refractivity contribution in [3.05, 3.63) is 69.7 Å². The Kier molecular flexibility index (Phi) is 5.59. The van der Waals surface area contributed by atoms with Gasteiger partial charge in [0, 0.05) is 21.6 Å². The van der Waals surface area contributed by atoms with Gasteiger partial charge in [-0.15, -0.1) is 0 Å². The maximum atomic E-state index is 10.0. The third kappa shape index (κ3) is 4.73. The van der Waals surface area contributed by atoms with Crippen molar-refractivity contribution >= 4 is 35.0 Å². The molecule has 0 aliphatic carbocycles. The van der Waals surface area contributed by atoms with E-state index in [4.69, 9.17) is 23.2 Å². The lowest BCUT2D eigenvalue weighted by atomic mass is 10.1. The van der Waals surface area contributed by atoms with Crippen LogP contribution in [0.5, 0.6) is 0 Å². The molecule has 0 aromatic heterocycles. The molecule has 0 aliphatic rings. The minimum absolute atomic E-state index is 0.463. The molecule has 0 saturated carbocycles. The van der Waals surface area contributed by atoms with Crippen molar-refractivity contribution in [3.8, 4) is 0 Å². The molecule has 0 radical (unpaired) electrons. The maximum Gasteiger partial charge on any atom is 0.0880 e. The van der Waals surface area contributed by atoms with E-state index >= 15 is 0 Å². The summed E-state index contributed by atoms with van der Waals surface area (Å²) in [5, 5.41) is 11.5. The van der Waals surface area contributed by atoms with E-state index in [1.54, 1.807) is 23.9 Å². The number of rotatable bonds is 5. The van der Waals surface area contributed by atoms with Gasteiger partial charge in [-0.25, -0.2) is 0 Å². The van der Waals surface area contributed by atoms with Gasteiger partial charge in [0.2, 0.25) is 0 Å². The second-order valence-electron chi connectivity index (χ2n) is 4.21. The topological polar surface area (TPSA) is 20.2 Å². The van der Waals surface area contributed by atoms with Crippen molar-refractivity contribution in [2.24, 2.45) is 0 Å². The normalized spacial score (nSPS) is 12.4. The highest BCUT2D eigenvalue weighted by Gasteiger charge is 2.07. The molecule has 0 amide bonds. The predicted octanol–water partition coefficient (Wildman–Crippen LogP) is 4.96. The minimum Gasteiger partial charge on any atom is -0.388 e. The van der Waals surface area contributed by atoms with Gasteiger partial charge in [-0.2, -0.15) is 11.8 Å². The molecule has 0 heterocycles. The molecule has 1 unspecified atom stereocenters. The third-order valence-electron chi connectivity index (χ3n) is 2.71. The van der Waals surface area contributed by atoms with Crippen LogP contribution in [0.2, 0.25) is 10.0 Å². The van der Waals surface area contributed by atoms with Gasteiger partial charge in [0.05, 0.1) is 6.10 Å². The first kappa shape index (κ1) is 14.7. The average molecular weight is 313 g/mol. The molecule has 0 spiro atoms. The summed E-state index contributed by atoms with van der Waals surface area (Å²) in [4.78, 5) is 0. The number of thioether (sulfide) groups is 1. The van der Waals surface area contributed by atoms with E-state index in [0.29, 0.717) is 10.8 Å². The van der Waals surface area contributed by atoms with Gasteiger partial charge in [0.15, 0.2) is 0 Å². The average Bonchev–Trinajstić information content (AvgIpc) is 2.41. The van der Waals surface area contributed by atoms with Crippen LogP contribution in [0.3, 0.4) is 0 Å². The zero-order valence-corrected chi connectivity index (χ0v) is 12.6. The Hall–Kier alpha value is -0.670. The Morgan fingerprint density at radius 1 is 0.895 bits per heavy atom. The van der Waals surface area contributed by atoms with Gasteiger partial charge in [-0.3, -0.25) is 0 Å². The third-order valence-corrected chi connectivity index (χ3v) is 4.31. The summed E-state index contributed by atoms with van der Waals surface area (Å²) < 4.78 is 0. The molecular formula is C15H14Cl2OS. The van der Waals surface area contributed by atoms with Gasteiger partial charge < -0.3 is 5.11 Å². The Bertz CT molecular complexity index is 511. The van der Waals surface area contributed by atoms with Crippen molar-refractivity contribution < 1.29 is 5.11 Å². The fraction of sp³-hybridized carbons (Fsp3) is 0.200. The van der Waals surface area contributed by atoms with Crippen LogP contribution in [0.15, 0.2) is 48.5 Å². The SMILES string of the molecule is OC(CSCc1ccc(Cl)cc1)c1ccc(Cl)cc1. The zero-order valence-electron chi connectivity index (χ0n) is 10.2. The van der Waals surface area contributed by atoms with Crippen molar-refractivity contribution in [3.63, 3.8) is 0 Å². The first-order chi connectivity index (χ1) is 9.15. The van der Waals surface area contributed by atoms with Crippen LogP contribution in [0.1, 0.15) is 17.2 Å². The molecule has 100 valence electrons. The number of hydrogen-bond acceptors (Lipinski definition) is 2. The predicted molar refractivity (Wildman–Crippen MR) is 84.0 cm³/mol. The first-order valence-electron chi connectivity index (χ1n) is 5.91. The van der Waals surface area contributed by atoms with Crippen LogP contribution in [0.25, 0.3) is 0 Å². The van der Waals surface area contributed by atoms with Crippen LogP contribution in [-0.2, 0) is 5.75 Å². The number of halogens is 2. The Morgan fingerprint density at radius 3 is 2.00 bits per heavy atom. The number of aliphatic hydroxyl groups excluding tert-OH is 1. The molecule has 1 atom stereocenters. The van der Waals surface area contributed by atoms with Gasteiger partial charge in [0.1, 0.15) is 0 Å². The van der Waals surface area contributed by atoms with Gasteiger partial charge in [0.25, 0.3) is 0 Å². The monoisotopic (exact) mass is 312 g/mol. The fourth-order valence-electron chi connectivity index (χ4n) is 1.65.